The lowest BCUT2D eigenvalue weighted by Gasteiger charge is -2.04. The monoisotopic (exact) mass is 278 g/mol. The van der Waals surface area contributed by atoms with E-state index >= 15 is 0 Å². The van der Waals surface area contributed by atoms with Gasteiger partial charge in [-0.05, 0) is 30.5 Å². The van der Waals surface area contributed by atoms with Crippen LogP contribution >= 0.6 is 0 Å². The van der Waals surface area contributed by atoms with Crippen LogP contribution in [-0.2, 0) is 9.53 Å². The molecule has 0 spiro atoms. The number of hydrogen-bond donors (Lipinski definition) is 2. The van der Waals surface area contributed by atoms with Crippen molar-refractivity contribution in [1.82, 2.24) is 10.3 Å². The number of aliphatic carboxylic acids is 1. The number of amides is 1. The topological polar surface area (TPSA) is 88.5 Å². The third-order valence-corrected chi connectivity index (χ3v) is 2.50. The van der Waals surface area contributed by atoms with Gasteiger partial charge < -0.3 is 15.2 Å². The molecular weight excluding hydrogens is 260 g/mol. The lowest BCUT2D eigenvalue weighted by molar-refractivity contribution is -0.131. The first-order chi connectivity index (χ1) is 9.63. The van der Waals surface area contributed by atoms with Crippen molar-refractivity contribution in [3.8, 4) is 0 Å². The number of carboxylic acid groups (broad SMARTS) is 1. The molecule has 0 unspecified atom stereocenters. The number of nitrogens with zero attached hydrogens (tertiary/aromatic N) is 1. The third-order valence-electron chi connectivity index (χ3n) is 2.50. The molecule has 1 heterocycles. The average molecular weight is 278 g/mol. The lowest BCUT2D eigenvalue weighted by atomic mass is 10.2. The molecule has 6 heteroatoms. The number of rotatable bonds is 8. The Morgan fingerprint density at radius 2 is 2.20 bits per heavy atom. The van der Waals surface area contributed by atoms with Gasteiger partial charge in [-0.1, -0.05) is 6.07 Å². The van der Waals surface area contributed by atoms with Crippen molar-refractivity contribution in [1.29, 1.82) is 0 Å². The van der Waals surface area contributed by atoms with Gasteiger partial charge in [0.2, 0.25) is 0 Å². The number of methoxy groups -OCH3 is 1. The summed E-state index contributed by atoms with van der Waals surface area (Å²) in [5, 5.41) is 11.3. The van der Waals surface area contributed by atoms with Crippen molar-refractivity contribution in [3.63, 3.8) is 0 Å². The Morgan fingerprint density at radius 1 is 1.40 bits per heavy atom. The summed E-state index contributed by atoms with van der Waals surface area (Å²) in [6.07, 6.45) is 5.63. The maximum absolute atomic E-state index is 11.7. The van der Waals surface area contributed by atoms with Gasteiger partial charge in [-0.25, -0.2) is 4.79 Å². The molecule has 20 heavy (non-hydrogen) atoms. The van der Waals surface area contributed by atoms with Crippen LogP contribution < -0.4 is 5.32 Å². The predicted octanol–water partition coefficient (Wildman–Crippen LogP) is 1.34. The molecule has 108 valence electrons. The minimum Gasteiger partial charge on any atom is -0.478 e. The number of aromatic nitrogens is 1. The summed E-state index contributed by atoms with van der Waals surface area (Å²) in [5.74, 6) is -1.26. The molecule has 0 aliphatic rings. The number of carbonyl (C=O) groups excluding carboxylic acids is 1. The Kier molecular flexibility index (Phi) is 6.99. The van der Waals surface area contributed by atoms with Crippen LogP contribution in [0.25, 0.3) is 6.08 Å². The van der Waals surface area contributed by atoms with Gasteiger partial charge >= 0.3 is 5.97 Å². The van der Waals surface area contributed by atoms with Crippen LogP contribution in [0.2, 0.25) is 0 Å². The zero-order chi connectivity index (χ0) is 14.8. The molecule has 0 atom stereocenters. The molecule has 0 radical (unpaired) electrons. The number of pyridine rings is 1. The normalized spacial score (nSPS) is 10.7. The van der Waals surface area contributed by atoms with Crippen LogP contribution in [0.4, 0.5) is 0 Å². The van der Waals surface area contributed by atoms with Gasteiger partial charge in [0.15, 0.2) is 0 Å². The second-order valence-corrected chi connectivity index (χ2v) is 4.10. The van der Waals surface area contributed by atoms with Crippen LogP contribution in [0.15, 0.2) is 24.4 Å². The largest absolute Gasteiger partial charge is 0.478 e. The molecule has 1 rings (SSSR count). The van der Waals surface area contributed by atoms with Crippen molar-refractivity contribution >= 4 is 18.0 Å². The van der Waals surface area contributed by atoms with Crippen LogP contribution in [-0.4, -0.2) is 42.2 Å². The van der Waals surface area contributed by atoms with Crippen molar-refractivity contribution in [2.24, 2.45) is 0 Å². The average Bonchev–Trinajstić information content (AvgIpc) is 2.45. The fourth-order valence-corrected chi connectivity index (χ4v) is 1.47. The predicted molar refractivity (Wildman–Crippen MR) is 74.4 cm³/mol. The van der Waals surface area contributed by atoms with Gasteiger partial charge in [-0.2, -0.15) is 0 Å². The molecule has 1 aromatic heterocycles. The molecule has 0 fully saturated rings. The molecule has 2 N–H and O–H groups in total. The molecule has 6 nitrogen and oxygen atoms in total. The highest BCUT2D eigenvalue weighted by atomic mass is 16.5. The molecule has 0 saturated carbocycles. The van der Waals surface area contributed by atoms with Crippen LogP contribution in [0.5, 0.6) is 0 Å². The van der Waals surface area contributed by atoms with E-state index in [9.17, 15) is 9.59 Å². The van der Waals surface area contributed by atoms with Crippen molar-refractivity contribution in [2.75, 3.05) is 20.3 Å². The standard InChI is InChI=1S/C14H18N2O4/c1-20-9-3-2-8-15-14(19)12-6-4-11(10-16-12)5-7-13(17)18/h4-7,10H,2-3,8-9H2,1H3,(H,15,19)(H,17,18). The Morgan fingerprint density at radius 3 is 2.80 bits per heavy atom. The molecule has 0 saturated heterocycles. The maximum atomic E-state index is 11.7. The van der Waals surface area contributed by atoms with Crippen LogP contribution in [0, 0.1) is 0 Å². The highest BCUT2D eigenvalue weighted by Gasteiger charge is 2.05. The summed E-state index contributed by atoms with van der Waals surface area (Å²) < 4.78 is 4.91. The van der Waals surface area contributed by atoms with E-state index in [0.717, 1.165) is 18.9 Å². The second kappa shape index (κ2) is 8.82. The highest BCUT2D eigenvalue weighted by Crippen LogP contribution is 2.03. The molecule has 1 aromatic rings. The fourth-order valence-electron chi connectivity index (χ4n) is 1.47. The van der Waals surface area contributed by atoms with Gasteiger partial charge in [-0.3, -0.25) is 9.78 Å². The van der Waals surface area contributed by atoms with E-state index in [1.54, 1.807) is 19.2 Å². The SMILES string of the molecule is COCCCCNC(=O)c1ccc(C=CC(=O)O)cn1. The van der Waals surface area contributed by atoms with Gasteiger partial charge in [0, 0.05) is 32.5 Å². The summed E-state index contributed by atoms with van der Waals surface area (Å²) in [6, 6.07) is 3.21. The zero-order valence-electron chi connectivity index (χ0n) is 11.3. The Labute approximate surface area is 117 Å². The molecule has 0 aliphatic carbocycles. The number of ether oxygens (including phenoxy) is 1. The summed E-state index contributed by atoms with van der Waals surface area (Å²) in [6.45, 7) is 1.25. The quantitative estimate of drug-likeness (QED) is 0.553. The van der Waals surface area contributed by atoms with Crippen LogP contribution in [0.3, 0.4) is 0 Å². The number of unbranched alkanes of at least 4 members (excludes halogenated alkanes) is 1. The van der Waals surface area contributed by atoms with E-state index in [-0.39, 0.29) is 5.91 Å². The minimum absolute atomic E-state index is 0.240. The number of nitrogens with one attached hydrogen (secondary N) is 1. The van der Waals surface area contributed by atoms with Crippen molar-refractivity contribution in [2.45, 2.75) is 12.8 Å². The van der Waals surface area contributed by atoms with Gasteiger partial charge in [0.25, 0.3) is 5.91 Å². The first kappa shape index (κ1) is 15.8. The number of carbonyl (C=O) groups is 2. The summed E-state index contributed by atoms with van der Waals surface area (Å²) in [7, 11) is 1.64. The lowest BCUT2D eigenvalue weighted by Crippen LogP contribution is -2.25. The van der Waals surface area contributed by atoms with Crippen molar-refractivity contribution < 1.29 is 19.4 Å². The molecule has 0 bridgehead atoms. The minimum atomic E-state index is -1.03. The van der Waals surface area contributed by atoms with Crippen LogP contribution in [0.1, 0.15) is 28.9 Å². The molecule has 1 amide bonds. The second-order valence-electron chi connectivity index (χ2n) is 4.10. The van der Waals surface area contributed by atoms with Crippen molar-refractivity contribution in [3.05, 3.63) is 35.7 Å². The van der Waals surface area contributed by atoms with E-state index in [2.05, 4.69) is 10.3 Å². The zero-order valence-corrected chi connectivity index (χ0v) is 11.3. The highest BCUT2D eigenvalue weighted by molar-refractivity contribution is 5.92. The van der Waals surface area contributed by atoms with Gasteiger partial charge in [0.05, 0.1) is 0 Å². The molecule has 0 aliphatic heterocycles. The Balaban J connectivity index is 2.43. The Hall–Kier alpha value is -2.21. The molecule has 0 aromatic carbocycles. The van der Waals surface area contributed by atoms with E-state index in [4.69, 9.17) is 9.84 Å². The number of hydrogen-bond acceptors (Lipinski definition) is 4. The third kappa shape index (κ3) is 6.10. The Bertz CT molecular complexity index is 469. The first-order valence-electron chi connectivity index (χ1n) is 6.27. The van der Waals surface area contributed by atoms with E-state index in [1.807, 2.05) is 0 Å². The van der Waals surface area contributed by atoms with E-state index in [1.165, 1.54) is 12.3 Å². The first-order valence-corrected chi connectivity index (χ1v) is 6.27. The van der Waals surface area contributed by atoms with E-state index < -0.39 is 5.97 Å². The summed E-state index contributed by atoms with van der Waals surface area (Å²) in [4.78, 5) is 26.1. The van der Waals surface area contributed by atoms with Gasteiger partial charge in [-0.15, -0.1) is 0 Å². The maximum Gasteiger partial charge on any atom is 0.328 e. The fraction of sp³-hybridized carbons (Fsp3) is 0.357. The van der Waals surface area contributed by atoms with E-state index in [0.29, 0.717) is 24.4 Å². The smallest absolute Gasteiger partial charge is 0.328 e. The molecular formula is C14H18N2O4. The van der Waals surface area contributed by atoms with Gasteiger partial charge in [0.1, 0.15) is 5.69 Å². The summed E-state index contributed by atoms with van der Waals surface area (Å²) in [5.41, 5.74) is 0.938. The number of carboxylic acids is 1. The summed E-state index contributed by atoms with van der Waals surface area (Å²) >= 11 is 0.